The fourth-order valence-corrected chi connectivity index (χ4v) is 3.38. The molecule has 0 saturated carbocycles. The van der Waals surface area contributed by atoms with Gasteiger partial charge in [-0.2, -0.15) is 0 Å². The number of halogens is 1. The largest absolute Gasteiger partial charge is 0.475 e. The van der Waals surface area contributed by atoms with Crippen LogP contribution in [0.5, 0.6) is 0 Å². The van der Waals surface area contributed by atoms with E-state index in [1.165, 1.54) is 21.9 Å². The molecule has 0 unspecified atom stereocenters. The Hall–Kier alpha value is -2.32. The Morgan fingerprint density at radius 2 is 1.76 bits per heavy atom. The normalized spacial score (nSPS) is 15.9. The molecule has 0 fully saturated rings. The van der Waals surface area contributed by atoms with Gasteiger partial charge in [0, 0.05) is 10.6 Å². The molecule has 2 nitrogen and oxygen atoms in total. The zero-order valence-corrected chi connectivity index (χ0v) is 15.2. The Kier molecular flexibility index (Phi) is 4.01. The van der Waals surface area contributed by atoms with Crippen LogP contribution in [0.25, 0.3) is 10.8 Å². The highest BCUT2D eigenvalue weighted by Gasteiger charge is 2.28. The zero-order valence-electron chi connectivity index (χ0n) is 14.4. The maximum Gasteiger partial charge on any atom is 0.217 e. The molecular weight excluding hydrogens is 330 g/mol. The van der Waals surface area contributed by atoms with Crippen molar-refractivity contribution in [1.29, 1.82) is 0 Å². The summed E-state index contributed by atoms with van der Waals surface area (Å²) in [7, 11) is 0. The minimum atomic E-state index is -0.168. The summed E-state index contributed by atoms with van der Waals surface area (Å²) < 4.78 is 5.93. The average molecular weight is 350 g/mol. The first-order chi connectivity index (χ1) is 12.0. The van der Waals surface area contributed by atoms with Gasteiger partial charge >= 0.3 is 0 Å². The van der Waals surface area contributed by atoms with Crippen LogP contribution in [0.3, 0.4) is 0 Å². The molecule has 0 N–H and O–H groups in total. The summed E-state index contributed by atoms with van der Waals surface area (Å²) in [5, 5.41) is 3.23. The molecule has 3 aromatic rings. The van der Waals surface area contributed by atoms with E-state index in [-0.39, 0.29) is 5.54 Å². The van der Waals surface area contributed by atoms with Gasteiger partial charge in [0.05, 0.1) is 5.54 Å². The quantitative estimate of drug-likeness (QED) is 0.599. The third kappa shape index (κ3) is 3.27. The van der Waals surface area contributed by atoms with E-state index in [0.29, 0.717) is 6.61 Å². The number of rotatable bonds is 3. The van der Waals surface area contributed by atoms with Gasteiger partial charge in [-0.3, -0.25) is 0 Å². The molecule has 0 bridgehead atoms. The van der Waals surface area contributed by atoms with Gasteiger partial charge in [-0.1, -0.05) is 54.1 Å². The molecule has 25 heavy (non-hydrogen) atoms. The Morgan fingerprint density at radius 1 is 1.00 bits per heavy atom. The van der Waals surface area contributed by atoms with E-state index in [0.717, 1.165) is 22.9 Å². The number of aliphatic imine (C=N–C) groups is 1. The Labute approximate surface area is 153 Å². The van der Waals surface area contributed by atoms with Crippen LogP contribution >= 0.6 is 11.6 Å². The summed E-state index contributed by atoms with van der Waals surface area (Å²) in [4.78, 5) is 4.79. The van der Waals surface area contributed by atoms with E-state index in [1.54, 1.807) is 0 Å². The minimum absolute atomic E-state index is 0.168. The lowest BCUT2D eigenvalue weighted by Gasteiger charge is -2.13. The molecule has 0 radical (unpaired) electrons. The number of hydrogen-bond acceptors (Lipinski definition) is 2. The number of hydrogen-bond donors (Lipinski definition) is 0. The molecule has 0 amide bonds. The second-order valence-corrected chi connectivity index (χ2v) is 7.57. The van der Waals surface area contributed by atoms with Crippen LogP contribution in [-0.2, 0) is 11.2 Å². The molecule has 0 atom stereocenters. The van der Waals surface area contributed by atoms with Crippen LogP contribution in [0.2, 0.25) is 5.02 Å². The molecule has 1 aliphatic rings. The van der Waals surface area contributed by atoms with Gasteiger partial charge in [-0.05, 0) is 60.4 Å². The highest BCUT2D eigenvalue weighted by molar-refractivity contribution is 6.30. The molecule has 126 valence electrons. The first-order valence-electron chi connectivity index (χ1n) is 8.50. The average Bonchev–Trinajstić information content (AvgIpc) is 2.97. The molecule has 0 aliphatic carbocycles. The lowest BCUT2D eigenvalue weighted by atomic mass is 9.93. The summed E-state index contributed by atoms with van der Waals surface area (Å²) in [5.41, 5.74) is 3.38. The van der Waals surface area contributed by atoms with Crippen LogP contribution in [0.1, 0.15) is 30.5 Å². The van der Waals surface area contributed by atoms with Gasteiger partial charge in [-0.25, -0.2) is 4.99 Å². The van der Waals surface area contributed by atoms with Gasteiger partial charge < -0.3 is 4.74 Å². The van der Waals surface area contributed by atoms with Gasteiger partial charge in [0.15, 0.2) is 0 Å². The van der Waals surface area contributed by atoms with Crippen LogP contribution in [-0.4, -0.2) is 18.0 Å². The van der Waals surface area contributed by atoms with Gasteiger partial charge in [0.2, 0.25) is 5.90 Å². The van der Waals surface area contributed by atoms with Gasteiger partial charge in [-0.15, -0.1) is 0 Å². The molecule has 0 saturated heterocycles. The molecule has 0 aromatic heterocycles. The summed E-state index contributed by atoms with van der Waals surface area (Å²) in [6, 6.07) is 20.8. The Balaban J connectivity index is 1.86. The Morgan fingerprint density at radius 3 is 2.48 bits per heavy atom. The number of nitrogens with zero attached hydrogens (tertiary/aromatic N) is 1. The van der Waals surface area contributed by atoms with Crippen LogP contribution in [0.15, 0.2) is 65.7 Å². The lowest BCUT2D eigenvalue weighted by molar-refractivity contribution is 0.279. The van der Waals surface area contributed by atoms with E-state index >= 15 is 0 Å². The third-order valence-corrected chi connectivity index (χ3v) is 4.78. The fourth-order valence-electron chi connectivity index (χ4n) is 3.26. The standard InChI is InChI=1S/C22H20ClNO/c1-22(2)14-25-21(24-22)19-12-9-16-5-3-4-6-18(16)20(19)13-15-7-10-17(23)11-8-15/h3-12H,13-14H2,1-2H3. The third-order valence-electron chi connectivity index (χ3n) is 4.53. The zero-order chi connectivity index (χ0) is 17.4. The summed E-state index contributed by atoms with van der Waals surface area (Å²) in [6.45, 7) is 4.81. The van der Waals surface area contributed by atoms with E-state index in [4.69, 9.17) is 21.3 Å². The predicted molar refractivity (Wildman–Crippen MR) is 105 cm³/mol. The molecule has 3 aromatic carbocycles. The Bertz CT molecular complexity index is 957. The number of fused-ring (bicyclic) bond motifs is 1. The maximum atomic E-state index is 6.04. The van der Waals surface area contributed by atoms with Crippen molar-refractivity contribution in [2.24, 2.45) is 4.99 Å². The molecule has 1 heterocycles. The fraction of sp³-hybridized carbons (Fsp3) is 0.227. The smallest absolute Gasteiger partial charge is 0.217 e. The highest BCUT2D eigenvalue weighted by Crippen LogP contribution is 2.29. The van der Waals surface area contributed by atoms with Crippen molar-refractivity contribution in [2.75, 3.05) is 6.61 Å². The highest BCUT2D eigenvalue weighted by atomic mass is 35.5. The second kappa shape index (κ2) is 6.20. The second-order valence-electron chi connectivity index (χ2n) is 7.13. The SMILES string of the molecule is CC1(C)COC(c2ccc3ccccc3c2Cc2ccc(Cl)cc2)=N1. The summed E-state index contributed by atoms with van der Waals surface area (Å²) >= 11 is 6.04. The van der Waals surface area contributed by atoms with Crippen molar-refractivity contribution in [3.63, 3.8) is 0 Å². The van der Waals surface area contributed by atoms with E-state index in [9.17, 15) is 0 Å². The number of ether oxygens (including phenoxy) is 1. The molecule has 3 heteroatoms. The van der Waals surface area contributed by atoms with Crippen LogP contribution in [0.4, 0.5) is 0 Å². The van der Waals surface area contributed by atoms with Crippen molar-refractivity contribution in [2.45, 2.75) is 25.8 Å². The van der Waals surface area contributed by atoms with Crippen molar-refractivity contribution in [3.8, 4) is 0 Å². The topological polar surface area (TPSA) is 21.6 Å². The summed E-state index contributed by atoms with van der Waals surface area (Å²) in [5.74, 6) is 0.750. The van der Waals surface area contributed by atoms with Crippen molar-refractivity contribution >= 4 is 28.3 Å². The molecule has 1 aliphatic heterocycles. The van der Waals surface area contributed by atoms with Crippen molar-refractivity contribution < 1.29 is 4.74 Å². The molecule has 4 rings (SSSR count). The molecular formula is C22H20ClNO. The van der Waals surface area contributed by atoms with Crippen LogP contribution in [0, 0.1) is 0 Å². The minimum Gasteiger partial charge on any atom is -0.475 e. The van der Waals surface area contributed by atoms with Crippen LogP contribution < -0.4 is 0 Å². The van der Waals surface area contributed by atoms with E-state index < -0.39 is 0 Å². The van der Waals surface area contributed by atoms with Crippen molar-refractivity contribution in [1.82, 2.24) is 0 Å². The van der Waals surface area contributed by atoms with Gasteiger partial charge in [0.1, 0.15) is 6.61 Å². The monoisotopic (exact) mass is 349 g/mol. The first kappa shape index (κ1) is 16.2. The lowest BCUT2D eigenvalue weighted by Crippen LogP contribution is -2.17. The summed E-state index contributed by atoms with van der Waals surface area (Å²) in [6.07, 6.45) is 0.816. The first-order valence-corrected chi connectivity index (χ1v) is 8.88. The van der Waals surface area contributed by atoms with E-state index in [2.05, 4.69) is 62.4 Å². The number of benzene rings is 3. The molecule has 0 spiro atoms. The van der Waals surface area contributed by atoms with E-state index in [1.807, 2.05) is 12.1 Å². The van der Waals surface area contributed by atoms with Gasteiger partial charge in [0.25, 0.3) is 0 Å². The van der Waals surface area contributed by atoms with Crippen molar-refractivity contribution in [3.05, 3.63) is 82.4 Å². The predicted octanol–water partition coefficient (Wildman–Crippen LogP) is 5.64. The maximum absolute atomic E-state index is 6.04.